The third-order valence-corrected chi connectivity index (χ3v) is 4.75. The van der Waals surface area contributed by atoms with Crippen molar-refractivity contribution in [3.05, 3.63) is 64.7 Å². The van der Waals surface area contributed by atoms with Gasteiger partial charge in [0.05, 0.1) is 0 Å². The van der Waals surface area contributed by atoms with Gasteiger partial charge in [0.1, 0.15) is 0 Å². The Bertz CT molecular complexity index is 874. The maximum absolute atomic E-state index is 12.4. The van der Waals surface area contributed by atoms with Gasteiger partial charge in [-0.3, -0.25) is 14.4 Å². The van der Waals surface area contributed by atoms with Crippen molar-refractivity contribution in [2.75, 3.05) is 11.9 Å². The first-order valence-corrected chi connectivity index (χ1v) is 9.40. The van der Waals surface area contributed by atoms with Crippen LogP contribution in [-0.4, -0.2) is 24.1 Å². The molecule has 0 spiro atoms. The van der Waals surface area contributed by atoms with Crippen LogP contribution in [0.4, 0.5) is 5.69 Å². The first kappa shape index (κ1) is 18.8. The highest BCUT2D eigenvalue weighted by Crippen LogP contribution is 2.23. The maximum atomic E-state index is 12.4. The average molecular weight is 364 g/mol. The number of benzene rings is 2. The molecule has 0 aliphatic heterocycles. The van der Waals surface area contributed by atoms with Crippen molar-refractivity contribution in [2.24, 2.45) is 0 Å². The van der Waals surface area contributed by atoms with Crippen LogP contribution in [0.25, 0.3) is 0 Å². The Kier molecular flexibility index (Phi) is 6.01. The molecule has 27 heavy (non-hydrogen) atoms. The van der Waals surface area contributed by atoms with Crippen molar-refractivity contribution < 1.29 is 14.4 Å². The van der Waals surface area contributed by atoms with Crippen molar-refractivity contribution in [1.29, 1.82) is 0 Å². The Labute approximate surface area is 159 Å². The monoisotopic (exact) mass is 364 g/mol. The van der Waals surface area contributed by atoms with E-state index in [1.54, 1.807) is 24.3 Å². The zero-order valence-electron chi connectivity index (χ0n) is 15.5. The van der Waals surface area contributed by atoms with E-state index in [9.17, 15) is 14.4 Å². The molecule has 2 aromatic carbocycles. The molecule has 0 saturated carbocycles. The predicted octanol–water partition coefficient (Wildman–Crippen LogP) is 3.53. The molecule has 0 aromatic heterocycles. The summed E-state index contributed by atoms with van der Waals surface area (Å²) in [6.45, 7) is 2.39. The van der Waals surface area contributed by atoms with Crippen molar-refractivity contribution in [1.82, 2.24) is 5.32 Å². The molecule has 0 bridgehead atoms. The molecule has 1 aliphatic rings. The number of hydrogen-bond acceptors (Lipinski definition) is 3. The molecule has 0 atom stereocenters. The number of anilines is 1. The summed E-state index contributed by atoms with van der Waals surface area (Å²) in [4.78, 5) is 36.4. The molecular formula is C22H24N2O3. The summed E-state index contributed by atoms with van der Waals surface area (Å²) in [5.74, 6) is -0.436. The number of carbonyl (C=O) groups excluding carboxylic acids is 3. The quantitative estimate of drug-likeness (QED) is 0.738. The van der Waals surface area contributed by atoms with E-state index in [1.165, 1.54) is 11.1 Å². The van der Waals surface area contributed by atoms with Gasteiger partial charge in [0.15, 0.2) is 5.78 Å². The van der Waals surface area contributed by atoms with Crippen LogP contribution in [0.1, 0.15) is 58.0 Å². The van der Waals surface area contributed by atoms with E-state index < -0.39 is 0 Å². The molecule has 0 radical (unpaired) electrons. The number of aryl methyl sites for hydroxylation is 2. The van der Waals surface area contributed by atoms with Gasteiger partial charge in [0, 0.05) is 36.2 Å². The summed E-state index contributed by atoms with van der Waals surface area (Å²) in [6, 6.07) is 12.6. The number of hydrogen-bond donors (Lipinski definition) is 2. The zero-order valence-corrected chi connectivity index (χ0v) is 15.5. The van der Waals surface area contributed by atoms with Crippen LogP contribution in [0.15, 0.2) is 42.5 Å². The Balaban J connectivity index is 1.54. The third-order valence-electron chi connectivity index (χ3n) is 4.75. The van der Waals surface area contributed by atoms with Gasteiger partial charge >= 0.3 is 0 Å². The normalized spacial score (nSPS) is 12.3. The van der Waals surface area contributed by atoms with Crippen LogP contribution in [0.2, 0.25) is 0 Å². The van der Waals surface area contributed by atoms with E-state index in [1.807, 2.05) is 25.1 Å². The zero-order chi connectivity index (χ0) is 19.2. The van der Waals surface area contributed by atoms with Crippen LogP contribution in [0.3, 0.4) is 0 Å². The number of nitrogens with one attached hydrogen (secondary N) is 2. The number of amides is 2. The number of carbonyl (C=O) groups is 3. The van der Waals surface area contributed by atoms with E-state index in [0.29, 0.717) is 23.4 Å². The molecule has 140 valence electrons. The molecule has 5 nitrogen and oxygen atoms in total. The molecule has 0 saturated heterocycles. The summed E-state index contributed by atoms with van der Waals surface area (Å²) >= 11 is 0. The fraction of sp³-hybridized carbons (Fsp3) is 0.318. The molecule has 1 aliphatic carbocycles. The van der Waals surface area contributed by atoms with E-state index in [2.05, 4.69) is 10.6 Å². The smallest absolute Gasteiger partial charge is 0.251 e. The minimum Gasteiger partial charge on any atom is -0.352 e. The van der Waals surface area contributed by atoms with Crippen molar-refractivity contribution in [3.8, 4) is 0 Å². The van der Waals surface area contributed by atoms with Gasteiger partial charge in [0.25, 0.3) is 5.91 Å². The number of fused-ring (bicyclic) bond motifs is 1. The van der Waals surface area contributed by atoms with Gasteiger partial charge in [-0.25, -0.2) is 0 Å². The molecule has 2 amide bonds. The Morgan fingerprint density at radius 1 is 0.926 bits per heavy atom. The largest absolute Gasteiger partial charge is 0.352 e. The molecule has 3 rings (SSSR count). The minimum absolute atomic E-state index is 0.0177. The van der Waals surface area contributed by atoms with Gasteiger partial charge in [-0.05, 0) is 61.6 Å². The lowest BCUT2D eigenvalue weighted by Gasteiger charge is -2.08. The average Bonchev–Trinajstić information content (AvgIpc) is 3.14. The highest BCUT2D eigenvalue weighted by atomic mass is 16.2. The molecule has 0 fully saturated rings. The standard InChI is InChI=1S/C22H24N2O3/c1-2-23-22(27)18-7-4-8-19(14-18)24-21(26)12-11-20(25)17-10-9-15-5-3-6-16(15)13-17/h4,7-10,13-14H,2-3,5-6,11-12H2,1H3,(H,23,27)(H,24,26). The lowest BCUT2D eigenvalue weighted by Crippen LogP contribution is -2.22. The lowest BCUT2D eigenvalue weighted by atomic mass is 10.0. The molecular weight excluding hydrogens is 340 g/mol. The first-order chi connectivity index (χ1) is 13.1. The van der Waals surface area contributed by atoms with Crippen molar-refractivity contribution in [2.45, 2.75) is 39.0 Å². The van der Waals surface area contributed by atoms with Crippen LogP contribution in [0.5, 0.6) is 0 Å². The molecule has 0 heterocycles. The van der Waals surface area contributed by atoms with Crippen LogP contribution in [-0.2, 0) is 17.6 Å². The fourth-order valence-corrected chi connectivity index (χ4v) is 3.34. The lowest BCUT2D eigenvalue weighted by molar-refractivity contribution is -0.116. The van der Waals surface area contributed by atoms with Gasteiger partial charge in [0.2, 0.25) is 5.91 Å². The predicted molar refractivity (Wildman–Crippen MR) is 105 cm³/mol. The Hall–Kier alpha value is -2.95. The first-order valence-electron chi connectivity index (χ1n) is 9.40. The van der Waals surface area contributed by atoms with Crippen LogP contribution in [0, 0.1) is 0 Å². The van der Waals surface area contributed by atoms with Gasteiger partial charge < -0.3 is 10.6 Å². The Morgan fingerprint density at radius 2 is 1.74 bits per heavy atom. The van der Waals surface area contributed by atoms with E-state index in [4.69, 9.17) is 0 Å². The van der Waals surface area contributed by atoms with E-state index in [-0.39, 0.29) is 30.4 Å². The van der Waals surface area contributed by atoms with Gasteiger partial charge in [-0.1, -0.05) is 18.2 Å². The van der Waals surface area contributed by atoms with Crippen LogP contribution >= 0.6 is 0 Å². The second kappa shape index (κ2) is 8.62. The molecule has 2 aromatic rings. The number of ketones is 1. The topological polar surface area (TPSA) is 75.3 Å². The highest BCUT2D eigenvalue weighted by Gasteiger charge is 2.15. The van der Waals surface area contributed by atoms with E-state index in [0.717, 1.165) is 19.3 Å². The molecule has 2 N–H and O–H groups in total. The Morgan fingerprint density at radius 3 is 2.56 bits per heavy atom. The fourth-order valence-electron chi connectivity index (χ4n) is 3.34. The molecule has 5 heteroatoms. The number of rotatable bonds is 7. The highest BCUT2D eigenvalue weighted by molar-refractivity contribution is 6.01. The minimum atomic E-state index is -0.238. The second-order valence-electron chi connectivity index (χ2n) is 6.75. The SMILES string of the molecule is CCNC(=O)c1cccc(NC(=O)CCC(=O)c2ccc3c(c2)CCC3)c1. The van der Waals surface area contributed by atoms with E-state index >= 15 is 0 Å². The second-order valence-corrected chi connectivity index (χ2v) is 6.75. The maximum Gasteiger partial charge on any atom is 0.251 e. The molecule has 0 unspecified atom stereocenters. The van der Waals surface area contributed by atoms with Gasteiger partial charge in [-0.15, -0.1) is 0 Å². The summed E-state index contributed by atoms with van der Waals surface area (Å²) in [6.07, 6.45) is 3.53. The summed E-state index contributed by atoms with van der Waals surface area (Å²) in [5.41, 5.74) is 4.31. The summed E-state index contributed by atoms with van der Waals surface area (Å²) < 4.78 is 0. The van der Waals surface area contributed by atoms with Gasteiger partial charge in [-0.2, -0.15) is 0 Å². The summed E-state index contributed by atoms with van der Waals surface area (Å²) in [5, 5.41) is 5.48. The number of Topliss-reactive ketones (excluding diaryl/α,β-unsaturated/α-hetero) is 1. The van der Waals surface area contributed by atoms with Crippen LogP contribution < -0.4 is 10.6 Å². The van der Waals surface area contributed by atoms with Crippen molar-refractivity contribution >= 4 is 23.3 Å². The van der Waals surface area contributed by atoms with Crippen molar-refractivity contribution in [3.63, 3.8) is 0 Å². The summed E-state index contributed by atoms with van der Waals surface area (Å²) in [7, 11) is 0. The third kappa shape index (κ3) is 4.82.